The second-order valence-corrected chi connectivity index (χ2v) is 5.58. The van der Waals surface area contributed by atoms with Gasteiger partial charge in [-0.05, 0) is 62.4 Å². The molecule has 3 heteroatoms. The van der Waals surface area contributed by atoms with Crippen LogP contribution in [-0.4, -0.2) is 12.6 Å². The molecule has 1 aromatic rings. The summed E-state index contributed by atoms with van der Waals surface area (Å²) in [7, 11) is 0. The Morgan fingerprint density at radius 2 is 2.00 bits per heavy atom. The molecular formula is C14H20BrNO. The Hall–Kier alpha value is -0.540. The van der Waals surface area contributed by atoms with Gasteiger partial charge < -0.3 is 10.5 Å². The molecule has 0 atom stereocenters. The second kappa shape index (κ2) is 6.41. The zero-order valence-corrected chi connectivity index (χ0v) is 11.7. The molecule has 0 spiro atoms. The molecule has 2 nitrogen and oxygen atoms in total. The van der Waals surface area contributed by atoms with Crippen LogP contribution in [0.1, 0.15) is 37.7 Å². The Balaban J connectivity index is 2.07. The van der Waals surface area contributed by atoms with Crippen LogP contribution in [0.3, 0.4) is 0 Å². The molecule has 1 fully saturated rings. The number of hydrogen-bond donors (Lipinski definition) is 1. The first kappa shape index (κ1) is 12.9. The summed E-state index contributed by atoms with van der Waals surface area (Å²) >= 11 is 3.50. The van der Waals surface area contributed by atoms with Gasteiger partial charge in [0.25, 0.3) is 0 Å². The van der Waals surface area contributed by atoms with Crippen molar-refractivity contribution in [2.24, 2.45) is 5.73 Å². The summed E-state index contributed by atoms with van der Waals surface area (Å²) in [5.41, 5.74) is 6.86. The lowest BCUT2D eigenvalue weighted by Crippen LogP contribution is -2.20. The summed E-state index contributed by atoms with van der Waals surface area (Å²) in [6.07, 6.45) is 7.62. The maximum atomic E-state index is 6.12. The molecule has 1 aromatic carbocycles. The molecule has 2 N–H and O–H groups in total. The molecule has 0 aliphatic heterocycles. The zero-order valence-electron chi connectivity index (χ0n) is 10.1. The molecule has 0 saturated heterocycles. The van der Waals surface area contributed by atoms with Gasteiger partial charge in [0, 0.05) is 4.47 Å². The van der Waals surface area contributed by atoms with Crippen LogP contribution in [0.2, 0.25) is 0 Å². The molecule has 1 saturated carbocycles. The van der Waals surface area contributed by atoms with Crippen molar-refractivity contribution in [3.63, 3.8) is 0 Å². The average molecular weight is 298 g/mol. The van der Waals surface area contributed by atoms with Gasteiger partial charge in [-0.3, -0.25) is 0 Å². The number of nitrogens with two attached hydrogens (primary N) is 1. The lowest BCUT2D eigenvalue weighted by molar-refractivity contribution is 0.153. The van der Waals surface area contributed by atoms with E-state index in [1.54, 1.807) is 0 Å². The molecule has 0 aromatic heterocycles. The maximum absolute atomic E-state index is 6.12. The van der Waals surface area contributed by atoms with Crippen molar-refractivity contribution in [2.75, 3.05) is 6.54 Å². The van der Waals surface area contributed by atoms with E-state index >= 15 is 0 Å². The van der Waals surface area contributed by atoms with E-state index in [-0.39, 0.29) is 0 Å². The average Bonchev–Trinajstić information content (AvgIpc) is 2.34. The normalized spacial score (nSPS) is 17.1. The van der Waals surface area contributed by atoms with E-state index in [1.807, 2.05) is 6.07 Å². The summed E-state index contributed by atoms with van der Waals surface area (Å²) in [5, 5.41) is 0. The van der Waals surface area contributed by atoms with Gasteiger partial charge in [0.05, 0.1) is 6.10 Å². The largest absolute Gasteiger partial charge is 0.490 e. The molecule has 0 bridgehead atoms. The lowest BCUT2D eigenvalue weighted by atomic mass is 9.97. The van der Waals surface area contributed by atoms with Gasteiger partial charge in [0.2, 0.25) is 0 Å². The van der Waals surface area contributed by atoms with Crippen LogP contribution in [0.25, 0.3) is 0 Å². The Morgan fingerprint density at radius 3 is 2.71 bits per heavy atom. The quantitative estimate of drug-likeness (QED) is 0.920. The van der Waals surface area contributed by atoms with Crippen LogP contribution in [0, 0.1) is 0 Å². The fraction of sp³-hybridized carbons (Fsp3) is 0.571. The number of hydrogen-bond acceptors (Lipinski definition) is 2. The van der Waals surface area contributed by atoms with Gasteiger partial charge in [-0.2, -0.15) is 0 Å². The maximum Gasteiger partial charge on any atom is 0.123 e. The Labute approximate surface area is 112 Å². The molecular weight excluding hydrogens is 278 g/mol. The van der Waals surface area contributed by atoms with Gasteiger partial charge in [-0.1, -0.05) is 22.4 Å². The van der Waals surface area contributed by atoms with Crippen molar-refractivity contribution in [1.29, 1.82) is 0 Å². The Kier molecular flexibility index (Phi) is 4.86. The smallest absolute Gasteiger partial charge is 0.123 e. The minimum atomic E-state index is 0.404. The standard InChI is InChI=1S/C14H20BrNO/c15-12-6-7-14(11(10-12)8-9-16)17-13-4-2-1-3-5-13/h6-7,10,13H,1-5,8-9,16H2. The third kappa shape index (κ3) is 3.71. The molecule has 1 aliphatic rings. The molecule has 0 heterocycles. The van der Waals surface area contributed by atoms with Gasteiger partial charge in [-0.15, -0.1) is 0 Å². The highest BCUT2D eigenvalue weighted by atomic mass is 79.9. The van der Waals surface area contributed by atoms with Crippen LogP contribution >= 0.6 is 15.9 Å². The van der Waals surface area contributed by atoms with Gasteiger partial charge in [0.1, 0.15) is 5.75 Å². The summed E-state index contributed by atoms with van der Waals surface area (Å²) in [6, 6.07) is 6.22. The summed E-state index contributed by atoms with van der Waals surface area (Å²) in [6.45, 7) is 0.664. The summed E-state index contributed by atoms with van der Waals surface area (Å²) in [4.78, 5) is 0. The minimum Gasteiger partial charge on any atom is -0.490 e. The van der Waals surface area contributed by atoms with Gasteiger partial charge >= 0.3 is 0 Å². The Bertz CT molecular complexity index is 361. The number of rotatable bonds is 4. The topological polar surface area (TPSA) is 35.2 Å². The highest BCUT2D eigenvalue weighted by Gasteiger charge is 2.16. The first-order valence-electron chi connectivity index (χ1n) is 6.45. The summed E-state index contributed by atoms with van der Waals surface area (Å²) in [5.74, 6) is 1.02. The molecule has 1 aliphatic carbocycles. The van der Waals surface area contributed by atoms with Crippen molar-refractivity contribution in [2.45, 2.75) is 44.6 Å². The van der Waals surface area contributed by atoms with Crippen LogP contribution in [-0.2, 0) is 6.42 Å². The minimum absolute atomic E-state index is 0.404. The zero-order chi connectivity index (χ0) is 12.1. The summed E-state index contributed by atoms with van der Waals surface area (Å²) < 4.78 is 7.21. The van der Waals surface area contributed by atoms with Crippen molar-refractivity contribution < 1.29 is 4.74 Å². The SMILES string of the molecule is NCCc1cc(Br)ccc1OC1CCCCC1. The molecule has 0 radical (unpaired) electrons. The van der Waals surface area contributed by atoms with E-state index in [2.05, 4.69) is 28.1 Å². The van der Waals surface area contributed by atoms with Crippen molar-refractivity contribution >= 4 is 15.9 Å². The van der Waals surface area contributed by atoms with Gasteiger partial charge in [-0.25, -0.2) is 0 Å². The van der Waals surface area contributed by atoms with Crippen molar-refractivity contribution in [3.8, 4) is 5.75 Å². The first-order valence-corrected chi connectivity index (χ1v) is 7.24. The third-order valence-corrected chi connectivity index (χ3v) is 3.78. The van der Waals surface area contributed by atoms with E-state index in [0.29, 0.717) is 12.6 Å². The molecule has 2 rings (SSSR count). The third-order valence-electron chi connectivity index (χ3n) is 3.28. The van der Waals surface area contributed by atoms with Crippen LogP contribution < -0.4 is 10.5 Å². The predicted molar refractivity (Wildman–Crippen MR) is 74.4 cm³/mol. The monoisotopic (exact) mass is 297 g/mol. The van der Waals surface area contributed by atoms with E-state index in [0.717, 1.165) is 16.6 Å². The molecule has 0 unspecified atom stereocenters. The predicted octanol–water partition coefficient (Wildman–Crippen LogP) is 3.66. The highest BCUT2D eigenvalue weighted by Crippen LogP contribution is 2.28. The van der Waals surface area contributed by atoms with Crippen LogP contribution in [0.5, 0.6) is 5.75 Å². The first-order chi connectivity index (χ1) is 8.29. The number of benzene rings is 1. The lowest BCUT2D eigenvalue weighted by Gasteiger charge is -2.24. The van der Waals surface area contributed by atoms with E-state index < -0.39 is 0 Å². The van der Waals surface area contributed by atoms with E-state index in [4.69, 9.17) is 10.5 Å². The second-order valence-electron chi connectivity index (χ2n) is 4.67. The van der Waals surface area contributed by atoms with Crippen LogP contribution in [0.15, 0.2) is 22.7 Å². The number of ether oxygens (including phenoxy) is 1. The fourth-order valence-corrected chi connectivity index (χ4v) is 2.78. The number of halogens is 1. The van der Waals surface area contributed by atoms with E-state index in [9.17, 15) is 0 Å². The molecule has 0 amide bonds. The highest BCUT2D eigenvalue weighted by molar-refractivity contribution is 9.10. The van der Waals surface area contributed by atoms with E-state index in [1.165, 1.54) is 37.7 Å². The molecule has 94 valence electrons. The van der Waals surface area contributed by atoms with Crippen molar-refractivity contribution in [3.05, 3.63) is 28.2 Å². The molecule has 17 heavy (non-hydrogen) atoms. The van der Waals surface area contributed by atoms with Crippen LogP contribution in [0.4, 0.5) is 0 Å². The Morgan fingerprint density at radius 1 is 1.24 bits per heavy atom. The fourth-order valence-electron chi connectivity index (χ4n) is 2.38. The van der Waals surface area contributed by atoms with Gasteiger partial charge in [0.15, 0.2) is 0 Å². The van der Waals surface area contributed by atoms with Crippen molar-refractivity contribution in [1.82, 2.24) is 0 Å².